The van der Waals surface area contributed by atoms with Crippen LogP contribution < -0.4 is 15.4 Å². The number of hydrogen-bond acceptors (Lipinski definition) is 4. The number of carbonyl (C=O) groups excluding carboxylic acids is 1. The second-order valence-corrected chi connectivity index (χ2v) is 4.16. The Morgan fingerprint density at radius 2 is 2.10 bits per heavy atom. The van der Waals surface area contributed by atoms with Gasteiger partial charge in [-0.3, -0.25) is 4.79 Å². The summed E-state index contributed by atoms with van der Waals surface area (Å²) in [5, 5.41) is 6.34. The van der Waals surface area contributed by atoms with Crippen LogP contribution in [0.1, 0.15) is 12.8 Å². The van der Waals surface area contributed by atoms with E-state index in [4.69, 9.17) is 16.3 Å². The van der Waals surface area contributed by atoms with Crippen molar-refractivity contribution in [2.75, 3.05) is 26.7 Å². The molecule has 0 aromatic carbocycles. The maximum Gasteiger partial charge on any atom is 0.220 e. The van der Waals surface area contributed by atoms with E-state index >= 15 is 0 Å². The van der Waals surface area contributed by atoms with Crippen molar-refractivity contribution in [3.8, 4) is 5.88 Å². The highest BCUT2D eigenvalue weighted by Crippen LogP contribution is 2.10. The van der Waals surface area contributed by atoms with Crippen LogP contribution in [0.4, 0.5) is 0 Å². The fourth-order valence-electron chi connectivity index (χ4n) is 1.31. The molecule has 1 aromatic heterocycles. The van der Waals surface area contributed by atoms with Gasteiger partial charge in [-0.05, 0) is 26.1 Å². The fourth-order valence-corrected chi connectivity index (χ4v) is 1.42. The standard InChI is InChI=1S/C12H18ClN3O2.2ClH/c1-14-6-2-3-11(17)15-7-8-18-12-5-4-10(13)9-16-12;;/h4-5,9,14H,2-3,6-8H2,1H3,(H,15,17);2*1H. The van der Waals surface area contributed by atoms with Crippen molar-refractivity contribution in [2.45, 2.75) is 12.8 Å². The van der Waals surface area contributed by atoms with Crippen LogP contribution >= 0.6 is 36.4 Å². The smallest absolute Gasteiger partial charge is 0.220 e. The first-order valence-corrected chi connectivity index (χ1v) is 6.26. The van der Waals surface area contributed by atoms with Crippen molar-refractivity contribution in [3.05, 3.63) is 23.4 Å². The monoisotopic (exact) mass is 343 g/mol. The molecule has 0 bridgehead atoms. The highest BCUT2D eigenvalue weighted by atomic mass is 35.5. The molecule has 116 valence electrons. The molecule has 2 N–H and O–H groups in total. The maximum atomic E-state index is 11.3. The summed E-state index contributed by atoms with van der Waals surface area (Å²) in [7, 11) is 1.87. The van der Waals surface area contributed by atoms with Crippen LogP contribution in [0, 0.1) is 0 Å². The van der Waals surface area contributed by atoms with Gasteiger partial charge < -0.3 is 15.4 Å². The minimum atomic E-state index is 0. The first-order valence-electron chi connectivity index (χ1n) is 5.88. The number of carbonyl (C=O) groups is 1. The number of nitrogens with one attached hydrogen (secondary N) is 2. The van der Waals surface area contributed by atoms with Crippen LogP contribution in [0.5, 0.6) is 5.88 Å². The zero-order chi connectivity index (χ0) is 13.2. The lowest BCUT2D eigenvalue weighted by Crippen LogP contribution is -2.28. The highest BCUT2D eigenvalue weighted by molar-refractivity contribution is 6.30. The molecule has 0 aliphatic heterocycles. The molecule has 0 fully saturated rings. The van der Waals surface area contributed by atoms with Gasteiger partial charge in [0.15, 0.2) is 0 Å². The average molecular weight is 345 g/mol. The normalized spacial score (nSPS) is 9.10. The van der Waals surface area contributed by atoms with E-state index in [9.17, 15) is 4.79 Å². The quantitative estimate of drug-likeness (QED) is 0.709. The van der Waals surface area contributed by atoms with Gasteiger partial charge in [0.1, 0.15) is 6.61 Å². The Bertz CT molecular complexity index is 363. The molecule has 0 atom stereocenters. The lowest BCUT2D eigenvalue weighted by Gasteiger charge is -2.07. The molecule has 0 unspecified atom stereocenters. The highest BCUT2D eigenvalue weighted by Gasteiger charge is 2.00. The molecule has 0 spiro atoms. The zero-order valence-electron chi connectivity index (χ0n) is 11.2. The number of halogens is 3. The molecule has 20 heavy (non-hydrogen) atoms. The van der Waals surface area contributed by atoms with Gasteiger partial charge in [-0.15, -0.1) is 24.8 Å². The second-order valence-electron chi connectivity index (χ2n) is 3.72. The van der Waals surface area contributed by atoms with E-state index in [0.29, 0.717) is 30.5 Å². The van der Waals surface area contributed by atoms with Gasteiger partial charge in [-0.25, -0.2) is 4.98 Å². The van der Waals surface area contributed by atoms with Crippen molar-refractivity contribution in [3.63, 3.8) is 0 Å². The molecule has 0 saturated heterocycles. The first-order chi connectivity index (χ1) is 8.72. The minimum Gasteiger partial charge on any atom is -0.476 e. The van der Waals surface area contributed by atoms with Gasteiger partial charge in [0.2, 0.25) is 11.8 Å². The third-order valence-electron chi connectivity index (χ3n) is 2.21. The molecule has 0 aliphatic rings. The lowest BCUT2D eigenvalue weighted by molar-refractivity contribution is -0.121. The number of nitrogens with zero attached hydrogens (tertiary/aromatic N) is 1. The number of rotatable bonds is 8. The van der Waals surface area contributed by atoms with Crippen LogP contribution in [0.25, 0.3) is 0 Å². The molecule has 0 saturated carbocycles. The van der Waals surface area contributed by atoms with E-state index in [1.54, 1.807) is 12.1 Å². The Morgan fingerprint density at radius 1 is 1.35 bits per heavy atom. The van der Waals surface area contributed by atoms with E-state index in [0.717, 1.165) is 13.0 Å². The first kappa shape index (κ1) is 21.5. The molecule has 1 heterocycles. The predicted octanol–water partition coefficient (Wildman–Crippen LogP) is 2.07. The van der Waals surface area contributed by atoms with Gasteiger partial charge in [0, 0.05) is 18.7 Å². The number of amides is 1. The van der Waals surface area contributed by atoms with Crippen molar-refractivity contribution >= 4 is 42.3 Å². The summed E-state index contributed by atoms with van der Waals surface area (Å²) in [6.45, 7) is 1.72. The summed E-state index contributed by atoms with van der Waals surface area (Å²) in [5.41, 5.74) is 0. The number of ether oxygens (including phenoxy) is 1. The van der Waals surface area contributed by atoms with Crippen molar-refractivity contribution < 1.29 is 9.53 Å². The Labute approximate surface area is 136 Å². The molecule has 8 heteroatoms. The van der Waals surface area contributed by atoms with E-state index in [1.165, 1.54) is 6.20 Å². The Hall–Kier alpha value is -0.750. The van der Waals surface area contributed by atoms with Crippen LogP contribution in [-0.2, 0) is 4.79 Å². The third-order valence-corrected chi connectivity index (χ3v) is 2.43. The van der Waals surface area contributed by atoms with E-state index in [1.807, 2.05) is 7.05 Å². The summed E-state index contributed by atoms with van der Waals surface area (Å²) < 4.78 is 5.34. The van der Waals surface area contributed by atoms with Crippen LogP contribution in [-0.4, -0.2) is 37.6 Å². The second kappa shape index (κ2) is 13.2. The van der Waals surface area contributed by atoms with Gasteiger partial charge in [-0.1, -0.05) is 11.6 Å². The average Bonchev–Trinajstić information content (AvgIpc) is 2.37. The minimum absolute atomic E-state index is 0. The third kappa shape index (κ3) is 10.1. The Balaban J connectivity index is 0. The van der Waals surface area contributed by atoms with Crippen LogP contribution in [0.15, 0.2) is 18.3 Å². The van der Waals surface area contributed by atoms with Crippen molar-refractivity contribution in [1.82, 2.24) is 15.6 Å². The van der Waals surface area contributed by atoms with Gasteiger partial charge in [-0.2, -0.15) is 0 Å². The predicted molar refractivity (Wildman–Crippen MR) is 85.4 cm³/mol. The molecule has 1 amide bonds. The summed E-state index contributed by atoms with van der Waals surface area (Å²) in [4.78, 5) is 15.3. The number of aromatic nitrogens is 1. The summed E-state index contributed by atoms with van der Waals surface area (Å²) >= 11 is 5.69. The van der Waals surface area contributed by atoms with Gasteiger partial charge >= 0.3 is 0 Å². The molecule has 0 aliphatic carbocycles. The maximum absolute atomic E-state index is 11.3. The van der Waals surface area contributed by atoms with Gasteiger partial charge in [0.25, 0.3) is 0 Å². The summed E-state index contributed by atoms with van der Waals surface area (Å²) in [6, 6.07) is 3.40. The van der Waals surface area contributed by atoms with Crippen molar-refractivity contribution in [1.29, 1.82) is 0 Å². The van der Waals surface area contributed by atoms with E-state index < -0.39 is 0 Å². The molecule has 1 rings (SSSR count). The molecule has 1 aromatic rings. The topological polar surface area (TPSA) is 63.2 Å². The number of pyridine rings is 1. The molecule has 0 radical (unpaired) electrons. The van der Waals surface area contributed by atoms with Gasteiger partial charge in [0.05, 0.1) is 11.6 Å². The van der Waals surface area contributed by atoms with E-state index in [-0.39, 0.29) is 30.7 Å². The summed E-state index contributed by atoms with van der Waals surface area (Å²) in [5.74, 6) is 0.543. The Kier molecular flexibility index (Phi) is 14.3. The lowest BCUT2D eigenvalue weighted by atomic mass is 10.3. The largest absolute Gasteiger partial charge is 0.476 e. The Morgan fingerprint density at radius 3 is 2.70 bits per heavy atom. The van der Waals surface area contributed by atoms with Crippen LogP contribution in [0.2, 0.25) is 5.02 Å². The molecule has 5 nitrogen and oxygen atoms in total. The van der Waals surface area contributed by atoms with E-state index in [2.05, 4.69) is 15.6 Å². The fraction of sp³-hybridized carbons (Fsp3) is 0.500. The van der Waals surface area contributed by atoms with Crippen molar-refractivity contribution in [2.24, 2.45) is 0 Å². The molecular formula is C12H20Cl3N3O2. The number of hydrogen-bond donors (Lipinski definition) is 2. The SMILES string of the molecule is CNCCCC(=O)NCCOc1ccc(Cl)cn1.Cl.Cl. The van der Waals surface area contributed by atoms with Crippen LogP contribution in [0.3, 0.4) is 0 Å². The summed E-state index contributed by atoms with van der Waals surface area (Å²) in [6.07, 6.45) is 2.88. The zero-order valence-corrected chi connectivity index (χ0v) is 13.6. The molecular weight excluding hydrogens is 325 g/mol.